The molecule has 0 saturated carbocycles. The van der Waals surface area contributed by atoms with E-state index in [1.54, 1.807) is 0 Å². The standard InChI is InChI=1S/C42H81O9.2Na.H2O/c1-3-5-7-9-14-20-26-38(44)40(28-22-16-11-12-19-25-31-43)50-36-34-48-32-33-49-35-37-51-41(29-23-17-13-18-24-30-42(46)47)39(45)27-21-15-10-8-6-4-2;;;/h38-41,44-45H,3-30,32-37H2,1-2H3,(H,46,47);;;1H2/q-1;2*+1;/p-2. The maximum Gasteiger partial charge on any atom is 1.00 e. The molecule has 4 unspecified atom stereocenters. The van der Waals surface area contributed by atoms with E-state index < -0.39 is 18.2 Å². The molecule has 3 N–H and O–H groups in total. The summed E-state index contributed by atoms with van der Waals surface area (Å²) in [6, 6.07) is 0. The van der Waals surface area contributed by atoms with Crippen LogP contribution in [0.15, 0.2) is 0 Å². The molecule has 0 aromatic rings. The Bertz CT molecular complexity index is 737. The van der Waals surface area contributed by atoms with Crippen LogP contribution in [0.1, 0.15) is 194 Å². The van der Waals surface area contributed by atoms with Crippen LogP contribution in [0.2, 0.25) is 0 Å². The molecule has 0 aromatic carbocycles. The fourth-order valence-corrected chi connectivity index (χ4v) is 6.47. The molecule has 0 heterocycles. The molecule has 10 nitrogen and oxygen atoms in total. The summed E-state index contributed by atoms with van der Waals surface area (Å²) < 4.78 is 23.7. The Morgan fingerprint density at radius 1 is 0.519 bits per heavy atom. The number of unbranched alkanes of at least 4 members (excludes halogenated alkanes) is 19. The van der Waals surface area contributed by atoms with Crippen molar-refractivity contribution in [3.05, 3.63) is 0 Å². The third-order valence-electron chi connectivity index (χ3n) is 9.69. The van der Waals surface area contributed by atoms with Crippen molar-refractivity contribution in [2.24, 2.45) is 0 Å². The predicted molar refractivity (Wildman–Crippen MR) is 206 cm³/mol. The van der Waals surface area contributed by atoms with Gasteiger partial charge in [0, 0.05) is 5.97 Å². The zero-order chi connectivity index (χ0) is 37.5. The molecule has 0 aliphatic carbocycles. The van der Waals surface area contributed by atoms with Gasteiger partial charge in [0.25, 0.3) is 0 Å². The minimum absolute atomic E-state index is 0. The van der Waals surface area contributed by atoms with Gasteiger partial charge in [-0.05, 0) is 38.5 Å². The summed E-state index contributed by atoms with van der Waals surface area (Å²) in [5.41, 5.74) is 0. The van der Waals surface area contributed by atoms with Crippen LogP contribution in [0, 0.1) is 0 Å². The van der Waals surface area contributed by atoms with Crippen LogP contribution < -0.4 is 64.2 Å². The minimum Gasteiger partial charge on any atom is -0.870 e. The normalized spacial score (nSPS) is 13.3. The number of ether oxygens (including phenoxy) is 4. The number of rotatable bonds is 43. The van der Waals surface area contributed by atoms with Gasteiger partial charge in [-0.1, -0.05) is 149 Å². The van der Waals surface area contributed by atoms with Gasteiger partial charge in [-0.25, -0.2) is 0 Å². The fourth-order valence-electron chi connectivity index (χ4n) is 6.47. The molecule has 312 valence electrons. The average Bonchev–Trinajstić information content (AvgIpc) is 3.12. The number of carbonyl (C=O) groups excluding carboxylic acids is 2. The monoisotopic (exact) mass is 792 g/mol. The first-order chi connectivity index (χ1) is 25.0. The van der Waals surface area contributed by atoms with E-state index >= 15 is 0 Å². The Morgan fingerprint density at radius 2 is 0.852 bits per heavy atom. The summed E-state index contributed by atoms with van der Waals surface area (Å²) in [7, 11) is 0. The summed E-state index contributed by atoms with van der Waals surface area (Å²) >= 11 is 0. The first-order valence-corrected chi connectivity index (χ1v) is 21.3. The van der Waals surface area contributed by atoms with Crippen LogP contribution in [-0.2, 0) is 28.5 Å². The average molecular weight is 792 g/mol. The number of carboxylic acids is 1. The Kier molecular flexibility index (Phi) is 57.0. The second-order valence-corrected chi connectivity index (χ2v) is 14.4. The van der Waals surface area contributed by atoms with Gasteiger partial charge in [0.2, 0.25) is 0 Å². The van der Waals surface area contributed by atoms with E-state index in [0.717, 1.165) is 109 Å². The molecule has 0 rings (SSSR count). The van der Waals surface area contributed by atoms with Gasteiger partial charge in [-0.2, -0.15) is 6.42 Å². The first kappa shape index (κ1) is 61.5. The summed E-state index contributed by atoms with van der Waals surface area (Å²) in [4.78, 5) is 21.0. The zero-order valence-corrected chi connectivity index (χ0v) is 39.6. The maximum absolute atomic E-state index is 10.9. The number of aliphatic carboxylic acids is 1. The Morgan fingerprint density at radius 3 is 1.24 bits per heavy atom. The van der Waals surface area contributed by atoms with Crippen LogP contribution >= 0.6 is 0 Å². The van der Waals surface area contributed by atoms with E-state index in [4.69, 9.17) is 18.9 Å². The minimum atomic E-state index is -0.983. The topological polar surface area (TPSA) is 165 Å². The van der Waals surface area contributed by atoms with E-state index in [0.29, 0.717) is 52.5 Å². The molecule has 4 atom stereocenters. The largest absolute Gasteiger partial charge is 1.00 e. The van der Waals surface area contributed by atoms with Crippen LogP contribution in [0.5, 0.6) is 0 Å². The number of carboxylic acid groups (broad SMARTS) is 1. The van der Waals surface area contributed by atoms with Crippen LogP contribution in [0.4, 0.5) is 0 Å². The third-order valence-corrected chi connectivity index (χ3v) is 9.69. The first-order valence-electron chi connectivity index (χ1n) is 21.3. The van der Waals surface area contributed by atoms with Crippen molar-refractivity contribution < 1.29 is 108 Å². The van der Waals surface area contributed by atoms with Crippen molar-refractivity contribution in [1.29, 1.82) is 0 Å². The van der Waals surface area contributed by atoms with E-state index in [1.165, 1.54) is 51.4 Å². The Hall–Kier alpha value is 0.860. The van der Waals surface area contributed by atoms with Crippen LogP contribution in [0.3, 0.4) is 0 Å². The number of aliphatic hydroxyl groups excluding tert-OH is 2. The molecular formula is C42H81Na2O10-. The molecule has 0 aliphatic rings. The molecule has 0 amide bonds. The van der Waals surface area contributed by atoms with Gasteiger partial charge >= 0.3 is 59.1 Å². The summed E-state index contributed by atoms with van der Waals surface area (Å²) in [5, 5.41) is 32.4. The molecule has 0 fully saturated rings. The molecule has 12 heteroatoms. The van der Waals surface area contributed by atoms with E-state index in [1.807, 2.05) is 6.29 Å². The van der Waals surface area contributed by atoms with E-state index in [-0.39, 0.29) is 83.2 Å². The Labute approximate surface area is 375 Å². The number of aliphatic hydroxyl groups is 2. The Balaban J connectivity index is -0.00000417. The second-order valence-electron chi connectivity index (χ2n) is 14.4. The molecule has 0 saturated heterocycles. The van der Waals surface area contributed by atoms with Gasteiger partial charge < -0.3 is 49.3 Å². The molecule has 54 heavy (non-hydrogen) atoms. The van der Waals surface area contributed by atoms with Gasteiger partial charge in [-0.15, -0.1) is 0 Å². The van der Waals surface area contributed by atoms with Crippen molar-refractivity contribution in [2.75, 3.05) is 39.6 Å². The number of hydrogen-bond donors (Lipinski definition) is 2. The molecule has 0 spiro atoms. The van der Waals surface area contributed by atoms with E-state index in [2.05, 4.69) is 13.8 Å². The quantitative estimate of drug-likeness (QED) is 0.0532. The SMILES string of the molecule is CCCCCCCCC(O)C(CCCCCCC[C-]=O)OCCOCCOCCOC(CCCCCCCC(=O)[O-])C(O)CCCCCCCC.[Na+].[Na+].[OH-]. The third kappa shape index (κ3) is 44.0. The van der Waals surface area contributed by atoms with Crippen LogP contribution in [-0.4, -0.2) is 92.0 Å². The van der Waals surface area contributed by atoms with Crippen molar-refractivity contribution in [1.82, 2.24) is 0 Å². The summed E-state index contributed by atoms with van der Waals surface area (Å²) in [6.07, 6.45) is 28.3. The smallest absolute Gasteiger partial charge is 0.870 e. The molecule has 0 radical (unpaired) electrons. The predicted octanol–water partition coefficient (Wildman–Crippen LogP) is 2.17. The fraction of sp³-hybridized carbons (Fsp3) is 0.952. The summed E-state index contributed by atoms with van der Waals surface area (Å²) in [6.45, 7) is 7.08. The van der Waals surface area contributed by atoms with Crippen molar-refractivity contribution in [2.45, 2.75) is 218 Å². The van der Waals surface area contributed by atoms with Crippen molar-refractivity contribution in [3.63, 3.8) is 0 Å². The number of hydrogen-bond acceptors (Lipinski definition) is 10. The van der Waals surface area contributed by atoms with Gasteiger partial charge in [-0.3, -0.25) is 6.29 Å². The van der Waals surface area contributed by atoms with Gasteiger partial charge in [0.05, 0.1) is 64.1 Å². The van der Waals surface area contributed by atoms with Crippen molar-refractivity contribution >= 4 is 12.3 Å². The maximum atomic E-state index is 10.9. The zero-order valence-electron chi connectivity index (χ0n) is 35.6. The molecule has 0 aliphatic heterocycles. The second kappa shape index (κ2) is 50.0. The van der Waals surface area contributed by atoms with E-state index in [9.17, 15) is 24.9 Å². The summed E-state index contributed by atoms with van der Waals surface area (Å²) in [5.74, 6) is -0.983. The number of carbonyl (C=O) groups is 1. The van der Waals surface area contributed by atoms with Gasteiger partial charge in [0.15, 0.2) is 0 Å². The van der Waals surface area contributed by atoms with Gasteiger partial charge in [0.1, 0.15) is 0 Å². The molecule has 0 aromatic heterocycles. The van der Waals surface area contributed by atoms with Crippen LogP contribution in [0.25, 0.3) is 0 Å². The van der Waals surface area contributed by atoms with Crippen molar-refractivity contribution in [3.8, 4) is 0 Å². The molecule has 0 bridgehead atoms. The molecular weight excluding hydrogens is 710 g/mol.